The maximum atomic E-state index is 12.3. The first-order valence-corrected chi connectivity index (χ1v) is 9.74. The van der Waals surface area contributed by atoms with Crippen molar-refractivity contribution in [2.45, 2.75) is 25.9 Å². The van der Waals surface area contributed by atoms with Crippen LogP contribution >= 0.6 is 0 Å². The summed E-state index contributed by atoms with van der Waals surface area (Å²) in [7, 11) is -3.38. The highest BCUT2D eigenvalue weighted by atomic mass is 32.2. The summed E-state index contributed by atoms with van der Waals surface area (Å²) >= 11 is 0. The quantitative estimate of drug-likeness (QED) is 0.816. The largest absolute Gasteiger partial charge is 0.475 e. The first kappa shape index (κ1) is 18.0. The monoisotopic (exact) mass is 378 g/mol. The van der Waals surface area contributed by atoms with Crippen LogP contribution < -0.4 is 9.62 Å². The summed E-state index contributed by atoms with van der Waals surface area (Å²) in [5, 5.41) is 11.5. The van der Waals surface area contributed by atoms with Crippen molar-refractivity contribution in [1.82, 2.24) is 5.32 Å². The highest BCUT2D eigenvalue weighted by molar-refractivity contribution is 7.92. The number of sulfonamides is 1. The lowest BCUT2D eigenvalue weighted by atomic mass is 10.1. The molecule has 0 aliphatic carbocycles. The third-order valence-corrected chi connectivity index (χ3v) is 5.42. The Balaban J connectivity index is 1.73. The molecule has 0 fully saturated rings. The van der Waals surface area contributed by atoms with Crippen molar-refractivity contribution < 1.29 is 27.5 Å². The fourth-order valence-corrected chi connectivity index (χ4v) is 4.37. The zero-order valence-electron chi connectivity index (χ0n) is 14.2. The second-order valence-corrected chi connectivity index (χ2v) is 8.07. The van der Waals surface area contributed by atoms with E-state index in [0.29, 0.717) is 23.4 Å². The maximum Gasteiger partial charge on any atom is 0.371 e. The molecule has 1 amide bonds. The summed E-state index contributed by atoms with van der Waals surface area (Å²) in [4.78, 5) is 23.1. The Hall–Kier alpha value is -2.81. The minimum absolute atomic E-state index is 0.0507. The molecule has 8 nitrogen and oxygen atoms in total. The fraction of sp³-hybridized carbons (Fsp3) is 0.294. The number of anilines is 1. The SMILES string of the molecule is C[C@H]1Cc2cc(C(=O)NCc3ccc(C(=O)O)o3)ccc2N1S(C)(=O)=O. The molecule has 9 heteroatoms. The number of benzene rings is 1. The Morgan fingerprint density at radius 3 is 2.65 bits per heavy atom. The molecule has 0 saturated carbocycles. The smallest absolute Gasteiger partial charge is 0.371 e. The van der Waals surface area contributed by atoms with E-state index in [1.807, 2.05) is 6.92 Å². The second-order valence-electron chi connectivity index (χ2n) is 6.21. The molecule has 0 unspecified atom stereocenters. The molecule has 1 aromatic heterocycles. The Morgan fingerprint density at radius 1 is 1.31 bits per heavy atom. The first-order chi connectivity index (χ1) is 12.2. The lowest BCUT2D eigenvalue weighted by Gasteiger charge is -2.21. The normalized spacial score (nSPS) is 16.4. The number of aromatic carboxylic acids is 1. The summed E-state index contributed by atoms with van der Waals surface area (Å²) in [6, 6.07) is 7.48. The molecule has 0 radical (unpaired) electrons. The molecule has 138 valence electrons. The van der Waals surface area contributed by atoms with Crippen LogP contribution in [0.25, 0.3) is 0 Å². The number of carbonyl (C=O) groups excluding carboxylic acids is 1. The van der Waals surface area contributed by atoms with E-state index in [-0.39, 0.29) is 24.3 Å². The number of furan rings is 1. The summed E-state index contributed by atoms with van der Waals surface area (Å²) in [5.74, 6) is -1.40. The van der Waals surface area contributed by atoms with E-state index in [9.17, 15) is 18.0 Å². The van der Waals surface area contributed by atoms with Crippen LogP contribution in [0.15, 0.2) is 34.7 Å². The fourth-order valence-electron chi connectivity index (χ4n) is 3.11. The van der Waals surface area contributed by atoms with Crippen molar-refractivity contribution >= 4 is 27.6 Å². The van der Waals surface area contributed by atoms with Crippen LogP contribution in [0.1, 0.15) is 39.2 Å². The van der Waals surface area contributed by atoms with E-state index in [2.05, 4.69) is 5.32 Å². The summed E-state index contributed by atoms with van der Waals surface area (Å²) in [6.07, 6.45) is 1.69. The molecule has 0 spiro atoms. The molecule has 2 N–H and O–H groups in total. The van der Waals surface area contributed by atoms with Crippen molar-refractivity contribution in [2.75, 3.05) is 10.6 Å². The number of hydrogen-bond donors (Lipinski definition) is 2. The van der Waals surface area contributed by atoms with E-state index in [1.165, 1.54) is 16.4 Å². The standard InChI is InChI=1S/C17H18N2O6S/c1-10-7-12-8-11(3-5-14(12)19(10)26(2,23)24)16(20)18-9-13-4-6-15(25-13)17(21)22/h3-6,8,10H,7,9H2,1-2H3,(H,18,20)(H,21,22)/t10-/m0/s1. The van der Waals surface area contributed by atoms with Crippen LogP contribution in [-0.2, 0) is 23.0 Å². The van der Waals surface area contributed by atoms with Crippen LogP contribution in [0.5, 0.6) is 0 Å². The van der Waals surface area contributed by atoms with Gasteiger partial charge in [-0.3, -0.25) is 9.10 Å². The third kappa shape index (κ3) is 3.43. The summed E-state index contributed by atoms with van der Waals surface area (Å²) < 4.78 is 30.3. The van der Waals surface area contributed by atoms with E-state index in [4.69, 9.17) is 9.52 Å². The van der Waals surface area contributed by atoms with Crippen LogP contribution in [-0.4, -0.2) is 37.7 Å². The Labute approximate surface area is 150 Å². The third-order valence-electron chi connectivity index (χ3n) is 4.15. The molecular weight excluding hydrogens is 360 g/mol. The van der Waals surface area contributed by atoms with Crippen molar-refractivity contribution in [2.24, 2.45) is 0 Å². The highest BCUT2D eigenvalue weighted by Gasteiger charge is 2.32. The van der Waals surface area contributed by atoms with Crippen molar-refractivity contribution in [3.63, 3.8) is 0 Å². The predicted molar refractivity (Wildman–Crippen MR) is 93.8 cm³/mol. The van der Waals surface area contributed by atoms with Crippen molar-refractivity contribution in [3.05, 3.63) is 53.0 Å². The summed E-state index contributed by atoms with van der Waals surface area (Å²) in [5.41, 5.74) is 1.78. The van der Waals surface area contributed by atoms with Crippen molar-refractivity contribution in [3.8, 4) is 0 Å². The number of carbonyl (C=O) groups is 2. The van der Waals surface area contributed by atoms with Gasteiger partial charge in [-0.1, -0.05) is 0 Å². The number of nitrogens with one attached hydrogen (secondary N) is 1. The van der Waals surface area contributed by atoms with E-state index >= 15 is 0 Å². The number of fused-ring (bicyclic) bond motifs is 1. The minimum Gasteiger partial charge on any atom is -0.475 e. The van der Waals surface area contributed by atoms with Crippen LogP contribution in [0, 0.1) is 0 Å². The first-order valence-electron chi connectivity index (χ1n) is 7.89. The van der Waals surface area contributed by atoms with Crippen LogP contribution in [0.3, 0.4) is 0 Å². The molecule has 1 aromatic carbocycles. The number of hydrogen-bond acceptors (Lipinski definition) is 5. The molecular formula is C17H18N2O6S. The Bertz CT molecular complexity index is 979. The van der Waals surface area contributed by atoms with Gasteiger partial charge in [0.2, 0.25) is 15.8 Å². The van der Waals surface area contributed by atoms with Gasteiger partial charge in [0.15, 0.2) is 0 Å². The zero-order valence-corrected chi connectivity index (χ0v) is 15.0. The number of carboxylic acids is 1. The van der Waals surface area contributed by atoms with Gasteiger partial charge in [0.25, 0.3) is 5.91 Å². The predicted octanol–water partition coefficient (Wildman–Crippen LogP) is 1.62. The average molecular weight is 378 g/mol. The van der Waals surface area contributed by atoms with Gasteiger partial charge in [-0.2, -0.15) is 0 Å². The molecule has 1 aliphatic heterocycles. The molecule has 2 aromatic rings. The van der Waals surface area contributed by atoms with Crippen molar-refractivity contribution in [1.29, 1.82) is 0 Å². The lowest BCUT2D eigenvalue weighted by Crippen LogP contribution is -2.34. The number of carboxylic acid groups (broad SMARTS) is 1. The molecule has 2 heterocycles. The molecule has 0 bridgehead atoms. The molecule has 1 aliphatic rings. The molecule has 3 rings (SSSR count). The maximum absolute atomic E-state index is 12.3. The van der Waals surface area contributed by atoms with Gasteiger partial charge in [-0.25, -0.2) is 13.2 Å². The highest BCUT2D eigenvalue weighted by Crippen LogP contribution is 2.34. The summed E-state index contributed by atoms with van der Waals surface area (Å²) in [6.45, 7) is 1.87. The van der Waals surface area contributed by atoms with Gasteiger partial charge < -0.3 is 14.8 Å². The Morgan fingerprint density at radius 2 is 2.04 bits per heavy atom. The van der Waals surface area contributed by atoms with E-state index < -0.39 is 16.0 Å². The van der Waals surface area contributed by atoms with Gasteiger partial charge in [0, 0.05) is 11.6 Å². The lowest BCUT2D eigenvalue weighted by molar-refractivity contribution is 0.0660. The average Bonchev–Trinajstić information content (AvgIpc) is 3.14. The molecule has 26 heavy (non-hydrogen) atoms. The Kier molecular flexibility index (Phi) is 4.49. The van der Waals surface area contributed by atoms with E-state index in [0.717, 1.165) is 11.8 Å². The number of amides is 1. The van der Waals surface area contributed by atoms with Crippen LogP contribution in [0.4, 0.5) is 5.69 Å². The topological polar surface area (TPSA) is 117 Å². The van der Waals surface area contributed by atoms with Gasteiger partial charge in [-0.05, 0) is 49.2 Å². The molecule has 0 saturated heterocycles. The number of nitrogens with zero attached hydrogens (tertiary/aromatic N) is 1. The second kappa shape index (κ2) is 6.49. The zero-order chi connectivity index (χ0) is 19.1. The van der Waals surface area contributed by atoms with Gasteiger partial charge in [0.05, 0.1) is 18.5 Å². The molecule has 1 atom stereocenters. The van der Waals surface area contributed by atoms with Crippen LogP contribution in [0.2, 0.25) is 0 Å². The minimum atomic E-state index is -3.38. The van der Waals surface area contributed by atoms with Gasteiger partial charge >= 0.3 is 5.97 Å². The van der Waals surface area contributed by atoms with E-state index in [1.54, 1.807) is 18.2 Å². The van der Waals surface area contributed by atoms with Gasteiger partial charge in [-0.15, -0.1) is 0 Å². The number of rotatable bonds is 5. The van der Waals surface area contributed by atoms with Gasteiger partial charge in [0.1, 0.15) is 5.76 Å².